The van der Waals surface area contributed by atoms with Crippen molar-refractivity contribution in [2.24, 2.45) is 0 Å². The van der Waals surface area contributed by atoms with Gasteiger partial charge in [0.05, 0.1) is 11.1 Å². The van der Waals surface area contributed by atoms with E-state index < -0.39 is 11.6 Å². The van der Waals surface area contributed by atoms with Gasteiger partial charge in [-0.15, -0.1) is 12.4 Å². The van der Waals surface area contributed by atoms with Gasteiger partial charge in [-0.3, -0.25) is 9.69 Å². The number of nitrogens with zero attached hydrogens (tertiary/aromatic N) is 3. The number of hydrogen-bond donors (Lipinski definition) is 0. The molecule has 0 aliphatic rings. The Morgan fingerprint density at radius 2 is 1.76 bits per heavy atom. The predicted octanol–water partition coefficient (Wildman–Crippen LogP) is 4.91. The van der Waals surface area contributed by atoms with Crippen molar-refractivity contribution in [2.75, 3.05) is 31.1 Å². The fourth-order valence-corrected chi connectivity index (χ4v) is 4.08. The van der Waals surface area contributed by atoms with Crippen LogP contribution in [0.25, 0.3) is 10.2 Å². The molecule has 0 radical (unpaired) electrons. The Morgan fingerprint density at radius 1 is 1.07 bits per heavy atom. The number of benzene rings is 2. The number of fused-ring (bicyclic) bond motifs is 1. The van der Waals surface area contributed by atoms with Crippen LogP contribution in [-0.4, -0.2) is 42.0 Å². The number of likely N-dealkylation sites (N-methyl/N-ethyl adjacent to an activating group) is 1. The van der Waals surface area contributed by atoms with E-state index in [0.717, 1.165) is 36.1 Å². The molecule has 0 bridgehead atoms. The third-order valence-corrected chi connectivity index (χ3v) is 5.69. The molecule has 0 unspecified atom stereocenters. The number of amides is 1. The molecule has 0 N–H and O–H groups in total. The summed E-state index contributed by atoms with van der Waals surface area (Å²) in [5, 5.41) is 0.396. The van der Waals surface area contributed by atoms with Crippen molar-refractivity contribution < 1.29 is 13.6 Å². The molecule has 29 heavy (non-hydrogen) atoms. The summed E-state index contributed by atoms with van der Waals surface area (Å²) < 4.78 is 28.0. The van der Waals surface area contributed by atoms with Crippen molar-refractivity contribution in [3.05, 3.63) is 59.7 Å². The van der Waals surface area contributed by atoms with Gasteiger partial charge in [0, 0.05) is 19.2 Å². The van der Waals surface area contributed by atoms with E-state index in [1.165, 1.54) is 6.07 Å². The zero-order valence-corrected chi connectivity index (χ0v) is 18.0. The lowest BCUT2D eigenvalue weighted by Crippen LogP contribution is -2.39. The van der Waals surface area contributed by atoms with Crippen molar-refractivity contribution in [3.63, 3.8) is 0 Å². The monoisotopic (exact) mass is 439 g/mol. The zero-order chi connectivity index (χ0) is 20.1. The van der Waals surface area contributed by atoms with Crippen molar-refractivity contribution >= 4 is 45.0 Å². The highest BCUT2D eigenvalue weighted by atomic mass is 35.5. The molecule has 8 heteroatoms. The van der Waals surface area contributed by atoms with E-state index in [-0.39, 0.29) is 30.3 Å². The molecule has 0 atom stereocenters. The van der Waals surface area contributed by atoms with Crippen LogP contribution < -0.4 is 4.90 Å². The summed E-state index contributed by atoms with van der Waals surface area (Å²) >= 11 is 1.13. The Kier molecular flexibility index (Phi) is 8.49. The van der Waals surface area contributed by atoms with Gasteiger partial charge in [-0.25, -0.2) is 13.8 Å². The largest absolute Gasteiger partial charge is 0.302 e. The number of carbonyl (C=O) groups is 1. The highest BCUT2D eigenvalue weighted by Crippen LogP contribution is 2.31. The number of rotatable bonds is 8. The molecule has 3 rings (SSSR count). The van der Waals surface area contributed by atoms with E-state index in [0.29, 0.717) is 22.9 Å². The lowest BCUT2D eigenvalue weighted by atomic mass is 10.1. The second-order valence-electron chi connectivity index (χ2n) is 6.47. The highest BCUT2D eigenvalue weighted by Gasteiger charge is 2.22. The summed E-state index contributed by atoms with van der Waals surface area (Å²) in [6.45, 7) is 7.00. The Labute approximate surface area is 179 Å². The van der Waals surface area contributed by atoms with E-state index >= 15 is 0 Å². The maximum atomic E-state index is 14.1. The van der Waals surface area contributed by atoms with E-state index in [2.05, 4.69) is 23.7 Å². The van der Waals surface area contributed by atoms with Crippen molar-refractivity contribution in [1.82, 2.24) is 9.88 Å². The molecule has 0 fully saturated rings. The maximum Gasteiger partial charge on any atom is 0.233 e. The van der Waals surface area contributed by atoms with E-state index in [1.54, 1.807) is 4.90 Å². The van der Waals surface area contributed by atoms with Gasteiger partial charge in [0.2, 0.25) is 5.91 Å². The normalized spacial score (nSPS) is 10.9. The summed E-state index contributed by atoms with van der Waals surface area (Å²) in [4.78, 5) is 21.1. The molecule has 1 amide bonds. The fourth-order valence-electron chi connectivity index (χ4n) is 3.04. The molecule has 0 saturated carbocycles. The number of anilines is 1. The van der Waals surface area contributed by atoms with E-state index in [4.69, 9.17) is 0 Å². The molecule has 0 aliphatic carbocycles. The molecule has 0 saturated heterocycles. The third kappa shape index (κ3) is 5.72. The summed E-state index contributed by atoms with van der Waals surface area (Å²) in [5.41, 5.74) is 1.00. The van der Waals surface area contributed by atoms with Crippen LogP contribution in [0.5, 0.6) is 0 Å². The molecular weight excluding hydrogens is 416 g/mol. The summed E-state index contributed by atoms with van der Waals surface area (Å²) in [7, 11) is 0. The molecule has 1 heterocycles. The fraction of sp³-hybridized carbons (Fsp3) is 0.333. The SMILES string of the molecule is CCN(CC)CCN(C(=O)Cc1ccccc1)c1nc2c(F)cc(F)cc2s1.Cl. The van der Waals surface area contributed by atoms with Gasteiger partial charge >= 0.3 is 0 Å². The first-order valence-electron chi connectivity index (χ1n) is 9.34. The van der Waals surface area contributed by atoms with Crippen LogP contribution >= 0.6 is 23.7 Å². The molecule has 1 aromatic heterocycles. The number of carbonyl (C=O) groups excluding carboxylic acids is 1. The number of aromatic nitrogens is 1. The minimum Gasteiger partial charge on any atom is -0.302 e. The van der Waals surface area contributed by atoms with Gasteiger partial charge in [-0.2, -0.15) is 0 Å². The van der Waals surface area contributed by atoms with Crippen LogP contribution in [0, 0.1) is 11.6 Å². The molecule has 2 aromatic carbocycles. The first-order chi connectivity index (χ1) is 13.5. The Morgan fingerprint density at radius 3 is 2.41 bits per heavy atom. The third-order valence-electron chi connectivity index (χ3n) is 4.67. The Balaban J connectivity index is 0.00000300. The maximum absolute atomic E-state index is 14.1. The van der Waals surface area contributed by atoms with Crippen LogP contribution in [0.2, 0.25) is 0 Å². The van der Waals surface area contributed by atoms with Gasteiger partial charge in [0.1, 0.15) is 11.3 Å². The number of hydrogen-bond acceptors (Lipinski definition) is 4. The second kappa shape index (κ2) is 10.6. The molecule has 0 aliphatic heterocycles. The minimum atomic E-state index is -0.711. The average molecular weight is 440 g/mol. The van der Waals surface area contributed by atoms with E-state index in [9.17, 15) is 13.6 Å². The highest BCUT2D eigenvalue weighted by molar-refractivity contribution is 7.22. The van der Waals surface area contributed by atoms with Gasteiger partial charge in [0.25, 0.3) is 0 Å². The number of halogens is 3. The van der Waals surface area contributed by atoms with Crippen LogP contribution in [0.3, 0.4) is 0 Å². The van der Waals surface area contributed by atoms with Gasteiger partial charge < -0.3 is 4.90 Å². The molecular formula is C21H24ClF2N3OS. The second-order valence-corrected chi connectivity index (χ2v) is 7.47. The smallest absolute Gasteiger partial charge is 0.233 e. The predicted molar refractivity (Wildman–Crippen MR) is 117 cm³/mol. The van der Waals surface area contributed by atoms with Gasteiger partial charge in [-0.05, 0) is 24.7 Å². The topological polar surface area (TPSA) is 36.4 Å². The Bertz CT molecular complexity index is 948. The zero-order valence-electron chi connectivity index (χ0n) is 16.4. The molecule has 4 nitrogen and oxygen atoms in total. The van der Waals surface area contributed by atoms with Crippen LogP contribution in [-0.2, 0) is 11.2 Å². The number of thiazole rings is 1. The van der Waals surface area contributed by atoms with Crippen molar-refractivity contribution in [2.45, 2.75) is 20.3 Å². The lowest BCUT2D eigenvalue weighted by Gasteiger charge is -2.24. The lowest BCUT2D eigenvalue weighted by molar-refractivity contribution is -0.118. The quantitative estimate of drug-likeness (QED) is 0.500. The summed E-state index contributed by atoms with van der Waals surface area (Å²) in [6, 6.07) is 11.5. The first kappa shape index (κ1) is 23.2. The van der Waals surface area contributed by atoms with Crippen LogP contribution in [0.4, 0.5) is 13.9 Å². The van der Waals surface area contributed by atoms with Crippen LogP contribution in [0.15, 0.2) is 42.5 Å². The summed E-state index contributed by atoms with van der Waals surface area (Å²) in [6.07, 6.45) is 0.228. The first-order valence-corrected chi connectivity index (χ1v) is 10.2. The Hall–Kier alpha value is -2.09. The summed E-state index contributed by atoms with van der Waals surface area (Å²) in [5.74, 6) is -1.47. The van der Waals surface area contributed by atoms with Crippen LogP contribution in [0.1, 0.15) is 19.4 Å². The molecule has 0 spiro atoms. The van der Waals surface area contributed by atoms with E-state index in [1.807, 2.05) is 30.3 Å². The van der Waals surface area contributed by atoms with Gasteiger partial charge in [-0.1, -0.05) is 55.5 Å². The van der Waals surface area contributed by atoms with Crippen molar-refractivity contribution in [3.8, 4) is 0 Å². The minimum absolute atomic E-state index is 0. The molecule has 3 aromatic rings. The average Bonchev–Trinajstić information content (AvgIpc) is 3.10. The van der Waals surface area contributed by atoms with Crippen molar-refractivity contribution in [1.29, 1.82) is 0 Å². The van der Waals surface area contributed by atoms with Gasteiger partial charge in [0.15, 0.2) is 10.9 Å². The standard InChI is InChI=1S/C21H23F2N3OS.ClH/c1-3-25(4-2)10-11-26(19(27)12-15-8-6-5-7-9-15)21-24-20-17(23)13-16(22)14-18(20)28-21;/h5-9,13-14H,3-4,10-12H2,1-2H3;1H. The molecule has 156 valence electrons.